The van der Waals surface area contributed by atoms with Crippen molar-refractivity contribution in [2.24, 2.45) is 11.8 Å². The number of rotatable bonds is 7. The highest BCUT2D eigenvalue weighted by atomic mass is 19.4. The zero-order valence-corrected chi connectivity index (χ0v) is 23.3. The van der Waals surface area contributed by atoms with Crippen LogP contribution in [0.1, 0.15) is 63.5 Å². The molecular formula is C29H40F3N3O5. The second kappa shape index (κ2) is 11.5. The molecule has 8 nitrogen and oxygen atoms in total. The van der Waals surface area contributed by atoms with Crippen molar-refractivity contribution in [3.05, 3.63) is 35.4 Å². The van der Waals surface area contributed by atoms with Crippen molar-refractivity contribution < 1.29 is 37.0 Å². The van der Waals surface area contributed by atoms with Gasteiger partial charge in [-0.25, -0.2) is 4.79 Å². The third-order valence-corrected chi connectivity index (χ3v) is 8.76. The maximum absolute atomic E-state index is 12.8. The molecule has 1 aromatic rings. The van der Waals surface area contributed by atoms with Gasteiger partial charge < -0.3 is 24.4 Å². The zero-order valence-electron chi connectivity index (χ0n) is 23.3. The van der Waals surface area contributed by atoms with Gasteiger partial charge in [-0.05, 0) is 63.1 Å². The molecule has 1 saturated carbocycles. The minimum absolute atomic E-state index is 0.0163. The Morgan fingerprint density at radius 3 is 2.35 bits per heavy atom. The molecule has 4 aliphatic rings. The van der Waals surface area contributed by atoms with Crippen LogP contribution >= 0.6 is 0 Å². The van der Waals surface area contributed by atoms with Gasteiger partial charge in [0.2, 0.25) is 5.91 Å². The van der Waals surface area contributed by atoms with E-state index in [1.807, 2.05) is 18.7 Å². The van der Waals surface area contributed by atoms with Crippen molar-refractivity contribution in [3.63, 3.8) is 0 Å². The molecule has 0 radical (unpaired) electrons. The second-order valence-corrected chi connectivity index (χ2v) is 12.3. The average molecular weight is 568 g/mol. The molecule has 4 fully saturated rings. The molecule has 1 atom stereocenters. The van der Waals surface area contributed by atoms with Gasteiger partial charge in [-0.3, -0.25) is 9.69 Å². The van der Waals surface area contributed by atoms with Gasteiger partial charge in [-0.2, -0.15) is 13.2 Å². The molecule has 2 amide bonds. The van der Waals surface area contributed by atoms with Gasteiger partial charge >= 0.3 is 12.3 Å². The number of nitrogens with zero attached hydrogens (tertiary/aromatic N) is 2. The van der Waals surface area contributed by atoms with Crippen LogP contribution in [0.4, 0.5) is 18.0 Å². The van der Waals surface area contributed by atoms with Crippen molar-refractivity contribution in [1.82, 2.24) is 15.1 Å². The highest BCUT2D eigenvalue weighted by molar-refractivity contribution is 5.78. The van der Waals surface area contributed by atoms with Crippen molar-refractivity contribution in [3.8, 4) is 0 Å². The van der Waals surface area contributed by atoms with Gasteiger partial charge in [0.05, 0.1) is 18.7 Å². The molecule has 3 aliphatic heterocycles. The first-order valence-corrected chi connectivity index (χ1v) is 14.4. The first kappa shape index (κ1) is 29.1. The minimum atomic E-state index is -4.33. The predicted octanol–water partition coefficient (Wildman–Crippen LogP) is 4.57. The number of carbonyl (C=O) groups excluding carboxylic acids is 2. The van der Waals surface area contributed by atoms with Gasteiger partial charge in [0.25, 0.3) is 0 Å². The largest absolute Gasteiger partial charge is 0.441 e. The fraction of sp³-hybridized carbons (Fsp3) is 0.724. The summed E-state index contributed by atoms with van der Waals surface area (Å²) in [5, 5.41) is 3.02. The van der Waals surface area contributed by atoms with Gasteiger partial charge in [-0.15, -0.1) is 0 Å². The third-order valence-electron chi connectivity index (χ3n) is 8.76. The summed E-state index contributed by atoms with van der Waals surface area (Å²) in [6.07, 6.45) is 0.0794. The van der Waals surface area contributed by atoms with E-state index < -0.39 is 23.1 Å². The molecule has 1 unspecified atom stereocenters. The van der Waals surface area contributed by atoms with Crippen LogP contribution in [0.2, 0.25) is 0 Å². The Bertz CT molecular complexity index is 1050. The summed E-state index contributed by atoms with van der Waals surface area (Å²) in [4.78, 5) is 29.5. The number of hydrogen-bond acceptors (Lipinski definition) is 6. The SMILES string of the molecule is CC1(C)OCC(CNC(=O)[C@H]2CC[C@H](CN3CC4(CCN(Cc5ccc(C(F)(F)F)cc5)CC4)OC3=O)CC2)O1. The van der Waals surface area contributed by atoms with E-state index in [9.17, 15) is 22.8 Å². The Morgan fingerprint density at radius 2 is 1.75 bits per heavy atom. The molecule has 1 N–H and O–H groups in total. The van der Waals surface area contributed by atoms with E-state index >= 15 is 0 Å². The summed E-state index contributed by atoms with van der Waals surface area (Å²) in [6, 6.07) is 5.31. The lowest BCUT2D eigenvalue weighted by Crippen LogP contribution is -2.47. The summed E-state index contributed by atoms with van der Waals surface area (Å²) in [7, 11) is 0. The lowest BCUT2D eigenvalue weighted by atomic mass is 9.81. The molecule has 1 aromatic carbocycles. The van der Waals surface area contributed by atoms with Crippen LogP contribution in [0.15, 0.2) is 24.3 Å². The number of piperidine rings is 1. The molecule has 222 valence electrons. The molecule has 40 heavy (non-hydrogen) atoms. The Morgan fingerprint density at radius 1 is 1.07 bits per heavy atom. The first-order valence-electron chi connectivity index (χ1n) is 14.4. The van der Waals surface area contributed by atoms with Crippen LogP contribution in [0.3, 0.4) is 0 Å². The van der Waals surface area contributed by atoms with Crippen LogP contribution in [-0.2, 0) is 31.7 Å². The number of amides is 2. The molecule has 1 spiro atoms. The van der Waals surface area contributed by atoms with E-state index in [1.54, 1.807) is 0 Å². The number of hydrogen-bond donors (Lipinski definition) is 1. The highest BCUT2D eigenvalue weighted by Gasteiger charge is 2.47. The number of halogens is 3. The Labute approximate surface area is 233 Å². The topological polar surface area (TPSA) is 80.3 Å². The zero-order chi connectivity index (χ0) is 28.5. The number of benzene rings is 1. The van der Waals surface area contributed by atoms with Crippen LogP contribution in [0.5, 0.6) is 0 Å². The van der Waals surface area contributed by atoms with Crippen LogP contribution in [-0.4, -0.2) is 78.6 Å². The van der Waals surface area contributed by atoms with Crippen molar-refractivity contribution in [1.29, 1.82) is 0 Å². The monoisotopic (exact) mass is 567 g/mol. The molecule has 11 heteroatoms. The summed E-state index contributed by atoms with van der Waals surface area (Å²) >= 11 is 0. The fourth-order valence-corrected chi connectivity index (χ4v) is 6.41. The average Bonchev–Trinajstić information content (AvgIpc) is 3.41. The Balaban J connectivity index is 1.02. The maximum atomic E-state index is 12.8. The lowest BCUT2D eigenvalue weighted by Gasteiger charge is -2.37. The van der Waals surface area contributed by atoms with E-state index in [-0.39, 0.29) is 24.0 Å². The van der Waals surface area contributed by atoms with Gasteiger partial charge in [-0.1, -0.05) is 12.1 Å². The second-order valence-electron chi connectivity index (χ2n) is 12.3. The molecule has 5 rings (SSSR count). The van der Waals surface area contributed by atoms with Crippen LogP contribution < -0.4 is 5.32 Å². The van der Waals surface area contributed by atoms with Crippen molar-refractivity contribution >= 4 is 12.0 Å². The van der Waals surface area contributed by atoms with Crippen LogP contribution in [0.25, 0.3) is 0 Å². The minimum Gasteiger partial charge on any atom is -0.441 e. The molecular weight excluding hydrogens is 527 g/mol. The van der Waals surface area contributed by atoms with E-state index in [0.29, 0.717) is 51.5 Å². The quantitative estimate of drug-likeness (QED) is 0.520. The fourth-order valence-electron chi connectivity index (χ4n) is 6.41. The van der Waals surface area contributed by atoms with Gasteiger partial charge in [0, 0.05) is 51.5 Å². The molecule has 1 aliphatic carbocycles. The maximum Gasteiger partial charge on any atom is 0.416 e. The van der Waals surface area contributed by atoms with E-state index in [0.717, 1.165) is 56.5 Å². The number of alkyl halides is 3. The first-order chi connectivity index (χ1) is 18.9. The van der Waals surface area contributed by atoms with E-state index in [1.165, 1.54) is 12.1 Å². The highest BCUT2D eigenvalue weighted by Crippen LogP contribution is 2.37. The number of likely N-dealkylation sites (tertiary alicyclic amines) is 1. The molecule has 0 aromatic heterocycles. The summed E-state index contributed by atoms with van der Waals surface area (Å²) in [5.74, 6) is -0.208. The van der Waals surface area contributed by atoms with E-state index in [4.69, 9.17) is 14.2 Å². The number of carbonyl (C=O) groups is 2. The summed E-state index contributed by atoms with van der Waals surface area (Å²) in [5.41, 5.74) is -0.299. The number of ether oxygens (including phenoxy) is 3. The van der Waals surface area contributed by atoms with Crippen molar-refractivity contribution in [2.75, 3.05) is 39.3 Å². The van der Waals surface area contributed by atoms with Crippen LogP contribution in [0, 0.1) is 11.8 Å². The molecule has 0 bridgehead atoms. The summed E-state index contributed by atoms with van der Waals surface area (Å²) in [6.45, 7) is 7.88. The molecule has 3 saturated heterocycles. The lowest BCUT2D eigenvalue weighted by molar-refractivity contribution is -0.140. The molecule has 3 heterocycles. The predicted molar refractivity (Wildman–Crippen MR) is 140 cm³/mol. The van der Waals surface area contributed by atoms with Gasteiger partial charge in [0.15, 0.2) is 5.79 Å². The van der Waals surface area contributed by atoms with Gasteiger partial charge in [0.1, 0.15) is 11.7 Å². The standard InChI is InChI=1S/C29H40F3N3O5/c1-27(2)38-18-24(39-27)15-33-25(36)22-7-3-21(4-8-22)17-35-19-28(40-26(35)37)11-13-34(14-12-28)16-20-5-9-23(10-6-20)29(30,31)32/h5-6,9-10,21-22,24H,3-4,7-8,11-19H2,1-2H3,(H,33,36)/t21-,22-,24?. The Hall–Kier alpha value is -2.37. The smallest absolute Gasteiger partial charge is 0.416 e. The normalized spacial score (nSPS) is 28.6. The summed E-state index contributed by atoms with van der Waals surface area (Å²) < 4.78 is 55.7. The van der Waals surface area contributed by atoms with Crippen molar-refractivity contribution in [2.45, 2.75) is 82.6 Å². The Kier molecular flexibility index (Phi) is 8.37. The van der Waals surface area contributed by atoms with E-state index in [2.05, 4.69) is 10.2 Å². The third kappa shape index (κ3) is 7.09. The number of nitrogens with one attached hydrogen (secondary N) is 1.